The van der Waals surface area contributed by atoms with Gasteiger partial charge in [-0.1, -0.05) is 12.2 Å². The maximum atomic E-state index is 12.2. The number of ether oxygens (including phenoxy) is 3. The van der Waals surface area contributed by atoms with E-state index in [1.54, 1.807) is 11.5 Å². The first-order valence-electron chi connectivity index (χ1n) is 8.84. The van der Waals surface area contributed by atoms with Gasteiger partial charge in [-0.05, 0) is 6.92 Å². The minimum atomic E-state index is -4.75. The lowest BCUT2D eigenvalue weighted by Gasteiger charge is -2.21. The SMILES string of the molecule is CCNC(=O)C1OC2C(COP(=O)(O)O)OC(n3cnc4c(=S)nc(N)[nH]c43)C2O1. The lowest BCUT2D eigenvalue weighted by Crippen LogP contribution is -2.37. The van der Waals surface area contributed by atoms with E-state index >= 15 is 0 Å². The van der Waals surface area contributed by atoms with Crippen molar-refractivity contribution < 1.29 is 37.9 Å². The predicted molar refractivity (Wildman–Crippen MR) is 101 cm³/mol. The number of carbonyl (C=O) groups excluding carboxylic acids is 1. The van der Waals surface area contributed by atoms with Gasteiger partial charge in [0.25, 0.3) is 5.91 Å². The number of likely N-dealkylation sites (N-methyl/N-ethyl adjacent to an activating group) is 1. The van der Waals surface area contributed by atoms with E-state index < -0.39 is 51.2 Å². The summed E-state index contributed by atoms with van der Waals surface area (Å²) in [5, 5.41) is 2.59. The number of phosphoric acid groups is 1. The number of nitrogen functional groups attached to an aromatic ring is 1. The molecule has 0 saturated carbocycles. The van der Waals surface area contributed by atoms with Crippen molar-refractivity contribution in [3.05, 3.63) is 11.0 Å². The fraction of sp³-hybridized carbons (Fsp3) is 0.571. The van der Waals surface area contributed by atoms with Crippen molar-refractivity contribution in [1.29, 1.82) is 0 Å². The van der Waals surface area contributed by atoms with Gasteiger partial charge in [0.15, 0.2) is 16.8 Å². The largest absolute Gasteiger partial charge is 0.469 e. The Morgan fingerprint density at radius 3 is 2.87 bits per heavy atom. The van der Waals surface area contributed by atoms with Crippen molar-refractivity contribution in [1.82, 2.24) is 24.8 Å². The number of nitrogens with one attached hydrogen (secondary N) is 2. The number of carbonyl (C=O) groups is 1. The van der Waals surface area contributed by atoms with E-state index in [2.05, 4.69) is 24.8 Å². The Bertz CT molecular complexity index is 1070. The number of hydrogen-bond acceptors (Lipinski definition) is 10. The van der Waals surface area contributed by atoms with Gasteiger partial charge in [0.1, 0.15) is 29.5 Å². The molecular formula is C14H19N6O8PS. The number of fused-ring (bicyclic) bond motifs is 2. The Morgan fingerprint density at radius 2 is 2.17 bits per heavy atom. The average molecular weight is 462 g/mol. The first-order chi connectivity index (χ1) is 14.2. The molecule has 30 heavy (non-hydrogen) atoms. The number of nitrogens with zero attached hydrogens (tertiary/aromatic N) is 3. The quantitative estimate of drug-likeness (QED) is 0.268. The summed E-state index contributed by atoms with van der Waals surface area (Å²) in [5.74, 6) is -0.419. The van der Waals surface area contributed by atoms with Crippen LogP contribution in [0.2, 0.25) is 0 Å². The van der Waals surface area contributed by atoms with Crippen LogP contribution in [-0.2, 0) is 28.1 Å². The van der Waals surface area contributed by atoms with Crippen LogP contribution in [0.15, 0.2) is 6.33 Å². The van der Waals surface area contributed by atoms with Crippen LogP contribution in [0.3, 0.4) is 0 Å². The van der Waals surface area contributed by atoms with Crippen LogP contribution in [0.25, 0.3) is 11.2 Å². The second kappa shape index (κ2) is 7.94. The minimum Gasteiger partial charge on any atom is -0.369 e. The zero-order chi connectivity index (χ0) is 21.6. The second-order valence-electron chi connectivity index (χ2n) is 6.56. The third-order valence-corrected chi connectivity index (χ3v) is 5.33. The van der Waals surface area contributed by atoms with E-state index in [-0.39, 0.29) is 10.6 Å². The Hall–Kier alpha value is -1.97. The fourth-order valence-corrected chi connectivity index (χ4v) is 3.98. The molecule has 2 aromatic heterocycles. The molecule has 0 aromatic carbocycles. The van der Waals surface area contributed by atoms with E-state index in [1.165, 1.54) is 6.33 Å². The van der Waals surface area contributed by atoms with Gasteiger partial charge in [0.2, 0.25) is 6.29 Å². The van der Waals surface area contributed by atoms with Crippen molar-refractivity contribution >= 4 is 43.1 Å². The molecule has 164 valence electrons. The summed E-state index contributed by atoms with van der Waals surface area (Å²) in [5.41, 5.74) is 6.52. The number of rotatable bonds is 6. The van der Waals surface area contributed by atoms with Gasteiger partial charge >= 0.3 is 7.82 Å². The van der Waals surface area contributed by atoms with Crippen LogP contribution in [0.5, 0.6) is 0 Å². The van der Waals surface area contributed by atoms with Crippen molar-refractivity contribution in [2.75, 3.05) is 18.9 Å². The number of amides is 1. The smallest absolute Gasteiger partial charge is 0.369 e. The molecule has 2 aliphatic heterocycles. The van der Waals surface area contributed by atoms with Crippen LogP contribution < -0.4 is 11.1 Å². The summed E-state index contributed by atoms with van der Waals surface area (Å²) in [7, 11) is -4.75. The molecule has 2 saturated heterocycles. The molecule has 0 aliphatic carbocycles. The molecule has 6 N–H and O–H groups in total. The Morgan fingerprint density at radius 1 is 1.43 bits per heavy atom. The first-order valence-corrected chi connectivity index (χ1v) is 10.8. The van der Waals surface area contributed by atoms with Crippen LogP contribution in [-0.4, -0.2) is 73.0 Å². The first kappa shape index (κ1) is 21.3. The van der Waals surface area contributed by atoms with Gasteiger partial charge in [-0.3, -0.25) is 13.9 Å². The Kier molecular flexibility index (Phi) is 5.63. The van der Waals surface area contributed by atoms with Gasteiger partial charge in [-0.15, -0.1) is 0 Å². The van der Waals surface area contributed by atoms with Crippen LogP contribution in [0.1, 0.15) is 13.2 Å². The highest BCUT2D eigenvalue weighted by Crippen LogP contribution is 2.43. The summed E-state index contributed by atoms with van der Waals surface area (Å²) in [6.45, 7) is 1.63. The molecule has 2 aromatic rings. The molecule has 0 bridgehead atoms. The molecule has 2 fully saturated rings. The van der Waals surface area contributed by atoms with Crippen LogP contribution in [0, 0.1) is 4.64 Å². The van der Waals surface area contributed by atoms with E-state index in [0.29, 0.717) is 17.7 Å². The van der Waals surface area contributed by atoms with Crippen molar-refractivity contribution in [3.63, 3.8) is 0 Å². The van der Waals surface area contributed by atoms with E-state index in [4.69, 9.17) is 41.9 Å². The zero-order valence-electron chi connectivity index (χ0n) is 15.5. The Labute approximate surface area is 173 Å². The second-order valence-corrected chi connectivity index (χ2v) is 8.18. The van der Waals surface area contributed by atoms with Gasteiger partial charge < -0.3 is 40.0 Å². The summed E-state index contributed by atoms with van der Waals surface area (Å²) in [6.07, 6.45) is -3.26. The normalized spacial score (nSPS) is 28.7. The topological polar surface area (TPSA) is 196 Å². The number of hydrogen-bond donors (Lipinski definition) is 5. The van der Waals surface area contributed by atoms with Gasteiger partial charge in [-0.25, -0.2) is 14.5 Å². The molecule has 1 amide bonds. The number of aromatic nitrogens is 4. The van der Waals surface area contributed by atoms with Gasteiger partial charge in [0.05, 0.1) is 12.9 Å². The average Bonchev–Trinajstić information content (AvgIpc) is 3.33. The van der Waals surface area contributed by atoms with Gasteiger partial charge in [0, 0.05) is 6.54 Å². The lowest BCUT2D eigenvalue weighted by molar-refractivity contribution is -0.170. The maximum Gasteiger partial charge on any atom is 0.469 e. The highest BCUT2D eigenvalue weighted by molar-refractivity contribution is 7.71. The molecule has 0 radical (unpaired) electrons. The molecule has 16 heteroatoms. The molecule has 4 rings (SSSR count). The summed E-state index contributed by atoms with van der Waals surface area (Å²) in [6, 6.07) is 0. The molecule has 0 spiro atoms. The number of anilines is 1. The van der Waals surface area contributed by atoms with Crippen molar-refractivity contribution in [2.45, 2.75) is 37.8 Å². The van der Waals surface area contributed by atoms with Crippen LogP contribution in [0.4, 0.5) is 5.95 Å². The monoisotopic (exact) mass is 462 g/mol. The van der Waals surface area contributed by atoms with Crippen LogP contribution >= 0.6 is 20.0 Å². The molecule has 4 heterocycles. The number of imidazole rings is 1. The zero-order valence-corrected chi connectivity index (χ0v) is 17.2. The third kappa shape index (κ3) is 3.98. The molecule has 14 nitrogen and oxygen atoms in total. The highest BCUT2D eigenvalue weighted by Gasteiger charge is 2.55. The van der Waals surface area contributed by atoms with E-state index in [1.807, 2.05) is 0 Å². The molecule has 5 atom stereocenters. The van der Waals surface area contributed by atoms with Crippen molar-refractivity contribution in [3.8, 4) is 0 Å². The fourth-order valence-electron chi connectivity index (χ4n) is 3.39. The Balaban J connectivity index is 1.67. The predicted octanol–water partition coefficient (Wildman–Crippen LogP) is -0.676. The third-order valence-electron chi connectivity index (χ3n) is 4.56. The summed E-state index contributed by atoms with van der Waals surface area (Å²) in [4.78, 5) is 41.2. The summed E-state index contributed by atoms with van der Waals surface area (Å²) >= 11 is 5.17. The standard InChI is InChI=1S/C14H19N6O8PS/c1-2-16-10(21)13-27-7-5(3-25-29(22,23)24)26-12(8(7)28-13)20-4-17-6-9(20)18-14(15)19-11(6)30/h4-5,7-8,12-13H,2-3H2,1H3,(H,16,21)(H2,22,23,24)(H3,15,18,19,30). The molecular weight excluding hydrogens is 443 g/mol. The number of H-pyrrole nitrogens is 1. The maximum absolute atomic E-state index is 12.2. The minimum absolute atomic E-state index is 0.0639. The molecule has 2 aliphatic rings. The van der Waals surface area contributed by atoms with E-state index in [0.717, 1.165) is 0 Å². The molecule has 5 unspecified atom stereocenters. The number of phosphoric ester groups is 1. The van der Waals surface area contributed by atoms with Gasteiger partial charge in [-0.2, -0.15) is 0 Å². The lowest BCUT2D eigenvalue weighted by atomic mass is 10.1. The highest BCUT2D eigenvalue weighted by atomic mass is 32.1. The number of nitrogens with two attached hydrogens (primary N) is 1. The van der Waals surface area contributed by atoms with Crippen molar-refractivity contribution in [2.24, 2.45) is 0 Å². The van der Waals surface area contributed by atoms with E-state index in [9.17, 15) is 9.36 Å². The number of aromatic amines is 1. The summed E-state index contributed by atoms with van der Waals surface area (Å²) < 4.78 is 34.8.